The first-order valence-corrected chi connectivity index (χ1v) is 8.53. The Labute approximate surface area is 148 Å². The summed E-state index contributed by atoms with van der Waals surface area (Å²) in [4.78, 5) is 18.3. The molecule has 1 saturated heterocycles. The van der Waals surface area contributed by atoms with Gasteiger partial charge in [-0.3, -0.25) is 9.78 Å². The Kier molecular flexibility index (Phi) is 5.80. The van der Waals surface area contributed by atoms with Crippen molar-refractivity contribution in [1.82, 2.24) is 15.2 Å². The average molecular weight is 337 g/mol. The third-order valence-electron chi connectivity index (χ3n) is 4.21. The number of pyridine rings is 1. The Morgan fingerprint density at radius 3 is 2.92 bits per heavy atom. The SMILES string of the molecule is CC1CNCCN1C(=O)/C=C/c1ccc(OCc2cccnc2)cc1. The number of nitrogens with zero attached hydrogens (tertiary/aromatic N) is 2. The van der Waals surface area contributed by atoms with Crippen LogP contribution < -0.4 is 10.1 Å². The first kappa shape index (κ1) is 17.2. The van der Waals surface area contributed by atoms with Crippen molar-refractivity contribution in [3.05, 3.63) is 66.0 Å². The van der Waals surface area contributed by atoms with Crippen LogP contribution >= 0.6 is 0 Å². The quantitative estimate of drug-likeness (QED) is 0.852. The highest BCUT2D eigenvalue weighted by atomic mass is 16.5. The second-order valence-electron chi connectivity index (χ2n) is 6.14. The molecule has 1 aromatic heterocycles. The van der Waals surface area contributed by atoms with Gasteiger partial charge in [0.05, 0.1) is 0 Å². The molecule has 0 bridgehead atoms. The number of piperazine rings is 1. The topological polar surface area (TPSA) is 54.5 Å². The number of hydrogen-bond acceptors (Lipinski definition) is 4. The predicted octanol–water partition coefficient (Wildman–Crippen LogP) is 2.49. The summed E-state index contributed by atoms with van der Waals surface area (Å²) in [6.07, 6.45) is 7.03. The Morgan fingerprint density at radius 2 is 2.20 bits per heavy atom. The summed E-state index contributed by atoms with van der Waals surface area (Å²) in [6.45, 7) is 5.01. The molecule has 0 saturated carbocycles. The fourth-order valence-electron chi connectivity index (χ4n) is 2.76. The average Bonchev–Trinajstić information content (AvgIpc) is 2.66. The van der Waals surface area contributed by atoms with E-state index in [1.54, 1.807) is 18.5 Å². The van der Waals surface area contributed by atoms with Gasteiger partial charge in [-0.1, -0.05) is 18.2 Å². The molecule has 1 unspecified atom stereocenters. The van der Waals surface area contributed by atoms with Crippen LogP contribution in [0.5, 0.6) is 5.75 Å². The van der Waals surface area contributed by atoms with Gasteiger partial charge in [-0.15, -0.1) is 0 Å². The number of aromatic nitrogens is 1. The fraction of sp³-hybridized carbons (Fsp3) is 0.300. The van der Waals surface area contributed by atoms with Gasteiger partial charge in [0.25, 0.3) is 0 Å². The Morgan fingerprint density at radius 1 is 1.36 bits per heavy atom. The lowest BCUT2D eigenvalue weighted by Crippen LogP contribution is -2.51. The minimum Gasteiger partial charge on any atom is -0.489 e. The molecule has 0 radical (unpaired) electrons. The van der Waals surface area contributed by atoms with E-state index in [1.807, 2.05) is 47.4 Å². The highest BCUT2D eigenvalue weighted by Crippen LogP contribution is 2.15. The standard InChI is InChI=1S/C20H23N3O2/c1-16-13-22-11-12-23(16)20(24)9-6-17-4-7-19(8-5-17)25-15-18-3-2-10-21-14-18/h2-10,14,16,22H,11-13,15H2,1H3/b9-6+. The van der Waals surface area contributed by atoms with Gasteiger partial charge in [0, 0.05) is 49.7 Å². The predicted molar refractivity (Wildman–Crippen MR) is 98.1 cm³/mol. The molecular weight excluding hydrogens is 314 g/mol. The van der Waals surface area contributed by atoms with Crippen molar-refractivity contribution < 1.29 is 9.53 Å². The lowest BCUT2D eigenvalue weighted by atomic mass is 10.1. The van der Waals surface area contributed by atoms with E-state index in [4.69, 9.17) is 4.74 Å². The smallest absolute Gasteiger partial charge is 0.246 e. The van der Waals surface area contributed by atoms with Crippen LogP contribution in [-0.2, 0) is 11.4 Å². The van der Waals surface area contributed by atoms with Crippen molar-refractivity contribution in [2.75, 3.05) is 19.6 Å². The summed E-state index contributed by atoms with van der Waals surface area (Å²) in [5.41, 5.74) is 2.01. The van der Waals surface area contributed by atoms with Gasteiger partial charge in [0.1, 0.15) is 12.4 Å². The lowest BCUT2D eigenvalue weighted by molar-refractivity contribution is -0.128. The third-order valence-corrected chi connectivity index (χ3v) is 4.21. The summed E-state index contributed by atoms with van der Waals surface area (Å²) in [7, 11) is 0. The maximum Gasteiger partial charge on any atom is 0.246 e. The van der Waals surface area contributed by atoms with E-state index in [1.165, 1.54) is 0 Å². The van der Waals surface area contributed by atoms with Crippen LogP contribution in [0.15, 0.2) is 54.9 Å². The van der Waals surface area contributed by atoms with E-state index in [-0.39, 0.29) is 11.9 Å². The monoisotopic (exact) mass is 337 g/mol. The summed E-state index contributed by atoms with van der Waals surface area (Å²) in [5.74, 6) is 0.856. The number of rotatable bonds is 5. The van der Waals surface area contributed by atoms with Crippen molar-refractivity contribution in [2.24, 2.45) is 0 Å². The minimum absolute atomic E-state index is 0.0610. The van der Waals surface area contributed by atoms with Crippen LogP contribution in [0, 0.1) is 0 Å². The second kappa shape index (κ2) is 8.44. The third kappa shape index (κ3) is 4.90. The van der Waals surface area contributed by atoms with Crippen LogP contribution in [0.1, 0.15) is 18.1 Å². The van der Waals surface area contributed by atoms with Gasteiger partial charge >= 0.3 is 0 Å². The number of carbonyl (C=O) groups is 1. The highest BCUT2D eigenvalue weighted by Gasteiger charge is 2.20. The van der Waals surface area contributed by atoms with E-state index in [9.17, 15) is 4.79 Å². The minimum atomic E-state index is 0.0610. The van der Waals surface area contributed by atoms with Gasteiger partial charge in [0.15, 0.2) is 0 Å². The van der Waals surface area contributed by atoms with Gasteiger partial charge in [0.2, 0.25) is 5.91 Å². The van der Waals surface area contributed by atoms with Gasteiger partial charge in [-0.05, 0) is 36.8 Å². The molecule has 1 aliphatic heterocycles. The van der Waals surface area contributed by atoms with E-state index in [0.717, 1.165) is 36.5 Å². The van der Waals surface area contributed by atoms with Crippen LogP contribution in [0.25, 0.3) is 6.08 Å². The Balaban J connectivity index is 1.54. The van der Waals surface area contributed by atoms with Crippen LogP contribution in [0.3, 0.4) is 0 Å². The summed E-state index contributed by atoms with van der Waals surface area (Å²) in [5, 5.41) is 3.29. The molecule has 1 fully saturated rings. The van der Waals surface area contributed by atoms with Crippen molar-refractivity contribution in [1.29, 1.82) is 0 Å². The number of carbonyl (C=O) groups excluding carboxylic acids is 1. The zero-order valence-corrected chi connectivity index (χ0v) is 14.4. The zero-order valence-electron chi connectivity index (χ0n) is 14.4. The first-order valence-electron chi connectivity index (χ1n) is 8.53. The second-order valence-corrected chi connectivity index (χ2v) is 6.14. The van der Waals surface area contributed by atoms with E-state index in [0.29, 0.717) is 6.61 Å². The molecule has 2 aromatic rings. The summed E-state index contributed by atoms with van der Waals surface area (Å²) >= 11 is 0. The van der Waals surface area contributed by atoms with Gasteiger partial charge < -0.3 is 15.0 Å². The molecule has 2 heterocycles. The molecule has 3 rings (SSSR count). The molecule has 25 heavy (non-hydrogen) atoms. The van der Waals surface area contributed by atoms with Gasteiger partial charge in [-0.2, -0.15) is 0 Å². The number of benzene rings is 1. The van der Waals surface area contributed by atoms with E-state index < -0.39 is 0 Å². The number of nitrogens with one attached hydrogen (secondary N) is 1. The molecule has 1 aromatic carbocycles. The summed E-state index contributed by atoms with van der Waals surface area (Å²) in [6, 6.07) is 11.8. The van der Waals surface area contributed by atoms with E-state index in [2.05, 4.69) is 17.2 Å². The van der Waals surface area contributed by atoms with Crippen molar-refractivity contribution >= 4 is 12.0 Å². The Hall–Kier alpha value is -2.66. The van der Waals surface area contributed by atoms with E-state index >= 15 is 0 Å². The number of hydrogen-bond donors (Lipinski definition) is 1. The first-order chi connectivity index (χ1) is 12.2. The molecule has 1 atom stereocenters. The van der Waals surface area contributed by atoms with Crippen LogP contribution in [0.4, 0.5) is 0 Å². The number of ether oxygens (including phenoxy) is 1. The van der Waals surface area contributed by atoms with Crippen molar-refractivity contribution in [3.8, 4) is 5.75 Å². The molecular formula is C20H23N3O2. The molecule has 1 aliphatic rings. The zero-order chi connectivity index (χ0) is 17.5. The largest absolute Gasteiger partial charge is 0.489 e. The molecule has 5 heteroatoms. The Bertz CT molecular complexity index is 713. The maximum absolute atomic E-state index is 12.3. The lowest BCUT2D eigenvalue weighted by Gasteiger charge is -2.33. The summed E-state index contributed by atoms with van der Waals surface area (Å²) < 4.78 is 5.74. The van der Waals surface area contributed by atoms with Crippen LogP contribution in [-0.4, -0.2) is 41.5 Å². The number of amides is 1. The molecule has 0 aliphatic carbocycles. The normalized spacial score (nSPS) is 17.6. The fourth-order valence-corrected chi connectivity index (χ4v) is 2.76. The van der Waals surface area contributed by atoms with Crippen molar-refractivity contribution in [2.45, 2.75) is 19.6 Å². The molecule has 0 spiro atoms. The maximum atomic E-state index is 12.3. The molecule has 1 amide bonds. The molecule has 5 nitrogen and oxygen atoms in total. The van der Waals surface area contributed by atoms with Crippen molar-refractivity contribution in [3.63, 3.8) is 0 Å². The highest BCUT2D eigenvalue weighted by molar-refractivity contribution is 5.92. The molecule has 130 valence electrons. The molecule has 1 N–H and O–H groups in total. The van der Waals surface area contributed by atoms with Crippen LogP contribution in [0.2, 0.25) is 0 Å². The van der Waals surface area contributed by atoms with Gasteiger partial charge in [-0.25, -0.2) is 0 Å².